The Balaban J connectivity index is 1.36. The SMILES string of the molecule is CCCCCCc1cc(-c2nc(-c3ccc(Oc4ccccc4)cc3)nc(-c3ccc(Oc4ccccc4)cc3)n2)c(O)cc1O. The predicted octanol–water partition coefficient (Wildman–Crippen LogP) is 9.99. The van der Waals surface area contributed by atoms with Crippen LogP contribution in [0.2, 0.25) is 0 Å². The molecule has 0 aliphatic heterocycles. The van der Waals surface area contributed by atoms with Crippen molar-refractivity contribution in [3.05, 3.63) is 127 Å². The average Bonchev–Trinajstić information content (AvgIpc) is 3.09. The fourth-order valence-corrected chi connectivity index (χ4v) is 5.09. The third kappa shape index (κ3) is 7.50. The number of hydrogen-bond donors (Lipinski definition) is 2. The summed E-state index contributed by atoms with van der Waals surface area (Å²) in [4.78, 5) is 14.4. The predicted molar refractivity (Wildman–Crippen MR) is 180 cm³/mol. The summed E-state index contributed by atoms with van der Waals surface area (Å²) in [6.45, 7) is 2.17. The number of unbranched alkanes of at least 4 members (excludes halogenated alkanes) is 3. The van der Waals surface area contributed by atoms with Crippen molar-refractivity contribution < 1.29 is 19.7 Å². The van der Waals surface area contributed by atoms with Crippen LogP contribution in [0.25, 0.3) is 34.2 Å². The van der Waals surface area contributed by atoms with Crippen LogP contribution in [-0.2, 0) is 6.42 Å². The molecule has 7 nitrogen and oxygen atoms in total. The maximum atomic E-state index is 11.0. The first-order valence-corrected chi connectivity index (χ1v) is 15.5. The van der Waals surface area contributed by atoms with Gasteiger partial charge in [0.1, 0.15) is 34.5 Å². The van der Waals surface area contributed by atoms with Crippen LogP contribution in [0, 0.1) is 0 Å². The summed E-state index contributed by atoms with van der Waals surface area (Å²) in [5.41, 5.74) is 2.69. The number of benzene rings is 5. The van der Waals surface area contributed by atoms with E-state index in [4.69, 9.17) is 24.4 Å². The summed E-state index contributed by atoms with van der Waals surface area (Å²) in [5.74, 6) is 4.00. The second-order valence-electron chi connectivity index (χ2n) is 11.0. The van der Waals surface area contributed by atoms with E-state index in [2.05, 4.69) is 6.92 Å². The highest BCUT2D eigenvalue weighted by atomic mass is 16.5. The molecule has 1 aromatic heterocycles. The largest absolute Gasteiger partial charge is 0.508 e. The molecular formula is C39H35N3O4. The summed E-state index contributed by atoms with van der Waals surface area (Å²) < 4.78 is 11.9. The normalized spacial score (nSPS) is 10.9. The number of rotatable bonds is 12. The van der Waals surface area contributed by atoms with E-state index in [-0.39, 0.29) is 11.5 Å². The van der Waals surface area contributed by atoms with Gasteiger partial charge in [-0.3, -0.25) is 0 Å². The second kappa shape index (κ2) is 14.4. The Morgan fingerprint density at radius 2 is 0.978 bits per heavy atom. The van der Waals surface area contributed by atoms with Crippen LogP contribution in [0.5, 0.6) is 34.5 Å². The summed E-state index contributed by atoms with van der Waals surface area (Å²) in [6, 6.07) is 37.4. The van der Waals surface area contributed by atoms with Gasteiger partial charge in [0.15, 0.2) is 17.5 Å². The van der Waals surface area contributed by atoms with Crippen molar-refractivity contribution in [2.75, 3.05) is 0 Å². The lowest BCUT2D eigenvalue weighted by Gasteiger charge is -2.13. The maximum Gasteiger partial charge on any atom is 0.167 e. The lowest BCUT2D eigenvalue weighted by Crippen LogP contribution is -2.01. The molecule has 0 saturated heterocycles. The van der Waals surface area contributed by atoms with Gasteiger partial charge in [0.2, 0.25) is 0 Å². The first-order valence-electron chi connectivity index (χ1n) is 15.5. The zero-order valence-corrected chi connectivity index (χ0v) is 25.6. The molecule has 0 spiro atoms. The molecule has 0 saturated carbocycles. The number of aromatic nitrogens is 3. The molecule has 0 fully saturated rings. The minimum absolute atomic E-state index is 0.0651. The summed E-state index contributed by atoms with van der Waals surface area (Å²) in [5, 5.41) is 21.6. The molecular weight excluding hydrogens is 574 g/mol. The van der Waals surface area contributed by atoms with Crippen molar-refractivity contribution in [2.45, 2.75) is 39.0 Å². The van der Waals surface area contributed by atoms with Crippen molar-refractivity contribution >= 4 is 0 Å². The van der Waals surface area contributed by atoms with Crippen molar-refractivity contribution in [1.29, 1.82) is 0 Å². The molecule has 0 bridgehead atoms. The highest BCUT2D eigenvalue weighted by Gasteiger charge is 2.17. The van der Waals surface area contributed by atoms with Crippen LogP contribution in [0.3, 0.4) is 0 Å². The third-order valence-electron chi connectivity index (χ3n) is 7.56. The van der Waals surface area contributed by atoms with Crippen LogP contribution in [0.1, 0.15) is 38.2 Å². The van der Waals surface area contributed by atoms with Crippen LogP contribution < -0.4 is 9.47 Å². The monoisotopic (exact) mass is 609 g/mol. The quantitative estimate of drug-likeness (QED) is 0.133. The van der Waals surface area contributed by atoms with E-state index in [1.54, 1.807) is 6.07 Å². The van der Waals surface area contributed by atoms with Crippen molar-refractivity contribution in [3.8, 4) is 68.7 Å². The van der Waals surface area contributed by atoms with E-state index in [1.807, 2.05) is 109 Å². The summed E-state index contributed by atoms with van der Waals surface area (Å²) in [7, 11) is 0. The minimum Gasteiger partial charge on any atom is -0.508 e. The zero-order valence-electron chi connectivity index (χ0n) is 25.6. The Hall–Kier alpha value is -5.69. The van der Waals surface area contributed by atoms with Crippen molar-refractivity contribution in [3.63, 3.8) is 0 Å². The fraction of sp³-hybridized carbons (Fsp3) is 0.154. The number of phenolic OH excluding ortho intramolecular Hbond substituents is 2. The molecule has 0 amide bonds. The zero-order chi connectivity index (χ0) is 31.7. The molecule has 0 atom stereocenters. The van der Waals surface area contributed by atoms with Gasteiger partial charge < -0.3 is 19.7 Å². The standard InChI is InChI=1S/C39H35N3O4/c1-2-3-4-7-12-29-25-34(36(44)26-35(29)43)39-41-37(27-17-21-32(22-18-27)45-30-13-8-5-9-14-30)40-38(42-39)28-19-23-33(24-20-28)46-31-15-10-6-11-16-31/h5-6,8-11,13-26,43-44H,2-4,7,12H2,1H3. The number of hydrogen-bond acceptors (Lipinski definition) is 7. The van der Waals surface area contributed by atoms with Crippen molar-refractivity contribution in [1.82, 2.24) is 15.0 Å². The molecule has 0 radical (unpaired) electrons. The Labute approximate surface area is 268 Å². The van der Waals surface area contributed by atoms with Gasteiger partial charge in [0.05, 0.1) is 5.56 Å². The molecule has 0 aliphatic rings. The van der Waals surface area contributed by atoms with Crippen LogP contribution in [0.4, 0.5) is 0 Å². The van der Waals surface area contributed by atoms with Gasteiger partial charge in [-0.1, -0.05) is 62.6 Å². The molecule has 0 aliphatic carbocycles. The van der Waals surface area contributed by atoms with Crippen LogP contribution >= 0.6 is 0 Å². The molecule has 1 heterocycles. The molecule has 7 heteroatoms. The van der Waals surface area contributed by atoms with E-state index >= 15 is 0 Å². The molecule has 0 unspecified atom stereocenters. The van der Waals surface area contributed by atoms with E-state index in [0.717, 1.165) is 53.9 Å². The Bertz CT molecular complexity index is 1780. The van der Waals surface area contributed by atoms with Gasteiger partial charge in [0.25, 0.3) is 0 Å². The van der Waals surface area contributed by atoms with Crippen LogP contribution in [0.15, 0.2) is 121 Å². The lowest BCUT2D eigenvalue weighted by molar-refractivity contribution is 0.446. The smallest absolute Gasteiger partial charge is 0.167 e. The molecule has 46 heavy (non-hydrogen) atoms. The third-order valence-corrected chi connectivity index (χ3v) is 7.56. The van der Waals surface area contributed by atoms with Gasteiger partial charge in [-0.15, -0.1) is 0 Å². The summed E-state index contributed by atoms with van der Waals surface area (Å²) in [6.07, 6.45) is 4.96. The highest BCUT2D eigenvalue weighted by molar-refractivity contribution is 5.72. The van der Waals surface area contributed by atoms with Crippen LogP contribution in [-0.4, -0.2) is 25.2 Å². The van der Waals surface area contributed by atoms with E-state index in [0.29, 0.717) is 41.0 Å². The van der Waals surface area contributed by atoms with E-state index in [9.17, 15) is 10.2 Å². The van der Waals surface area contributed by atoms with Gasteiger partial charge >= 0.3 is 0 Å². The van der Waals surface area contributed by atoms with Gasteiger partial charge in [-0.25, -0.2) is 15.0 Å². The van der Waals surface area contributed by atoms with E-state index < -0.39 is 0 Å². The first-order chi connectivity index (χ1) is 22.6. The number of phenols is 2. The molecule has 2 N–H and O–H groups in total. The van der Waals surface area contributed by atoms with Crippen molar-refractivity contribution in [2.24, 2.45) is 0 Å². The number of nitrogens with zero attached hydrogens (tertiary/aromatic N) is 3. The maximum absolute atomic E-state index is 11.0. The fourth-order valence-electron chi connectivity index (χ4n) is 5.09. The van der Waals surface area contributed by atoms with Gasteiger partial charge in [-0.05, 0) is 97.3 Å². The molecule has 6 rings (SSSR count). The average molecular weight is 610 g/mol. The molecule has 230 valence electrons. The molecule has 5 aromatic carbocycles. The van der Waals surface area contributed by atoms with E-state index in [1.165, 1.54) is 6.07 Å². The topological polar surface area (TPSA) is 97.6 Å². The number of aryl methyl sites for hydroxylation is 1. The van der Waals surface area contributed by atoms with Gasteiger partial charge in [0, 0.05) is 17.2 Å². The minimum atomic E-state index is -0.101. The first kappa shape index (κ1) is 30.3. The lowest BCUT2D eigenvalue weighted by atomic mass is 10.0. The number of ether oxygens (including phenoxy) is 2. The number of para-hydroxylation sites is 2. The Kier molecular flexibility index (Phi) is 9.49. The second-order valence-corrected chi connectivity index (χ2v) is 11.0. The highest BCUT2D eigenvalue weighted by Crippen LogP contribution is 2.36. The molecule has 6 aromatic rings. The Morgan fingerprint density at radius 3 is 1.48 bits per heavy atom. The Morgan fingerprint density at radius 1 is 0.500 bits per heavy atom. The number of aromatic hydroxyl groups is 2. The summed E-state index contributed by atoms with van der Waals surface area (Å²) >= 11 is 0. The van der Waals surface area contributed by atoms with Gasteiger partial charge in [-0.2, -0.15) is 0 Å².